The van der Waals surface area contributed by atoms with E-state index in [0.717, 1.165) is 81.2 Å². The highest BCUT2D eigenvalue weighted by molar-refractivity contribution is 5.99. The van der Waals surface area contributed by atoms with Gasteiger partial charge in [0.2, 0.25) is 0 Å². The predicted octanol–water partition coefficient (Wildman–Crippen LogP) is 5.10. The number of aromatic nitrogens is 7. The molecule has 0 unspecified atom stereocenters. The summed E-state index contributed by atoms with van der Waals surface area (Å²) in [7, 11) is 0. The Morgan fingerprint density at radius 2 is 1.82 bits per heavy atom. The first-order chi connectivity index (χ1) is 18.8. The van der Waals surface area contributed by atoms with Crippen LogP contribution in [-0.4, -0.2) is 66.3 Å². The van der Waals surface area contributed by atoms with E-state index in [4.69, 9.17) is 9.72 Å². The molecule has 0 aromatic carbocycles. The van der Waals surface area contributed by atoms with Gasteiger partial charge in [0.25, 0.3) is 0 Å². The Morgan fingerprint density at radius 3 is 2.71 bits per heavy atom. The number of H-pyrrole nitrogens is 2. The normalized spacial score (nSPS) is 14.0. The summed E-state index contributed by atoms with van der Waals surface area (Å²) in [5.74, 6) is 0.751. The van der Waals surface area contributed by atoms with Crippen molar-refractivity contribution in [1.29, 1.82) is 0 Å². The minimum atomic E-state index is 0.652. The third kappa shape index (κ3) is 4.26. The first kappa shape index (κ1) is 22.6. The first-order valence-electron chi connectivity index (χ1n) is 12.9. The van der Waals surface area contributed by atoms with Gasteiger partial charge in [-0.15, -0.1) is 0 Å². The highest BCUT2D eigenvalue weighted by atomic mass is 16.5. The second-order valence-corrected chi connectivity index (χ2v) is 9.52. The number of nitrogens with one attached hydrogen (secondary N) is 2. The molecule has 0 spiro atoms. The van der Waals surface area contributed by atoms with E-state index in [0.29, 0.717) is 6.61 Å². The summed E-state index contributed by atoms with van der Waals surface area (Å²) in [6.07, 6.45) is 11.6. The highest BCUT2D eigenvalue weighted by Crippen LogP contribution is 2.33. The molecule has 6 aromatic heterocycles. The van der Waals surface area contributed by atoms with Gasteiger partial charge in [-0.05, 0) is 62.3 Å². The molecule has 9 nitrogen and oxygen atoms in total. The third-order valence-electron chi connectivity index (χ3n) is 7.03. The van der Waals surface area contributed by atoms with E-state index in [1.165, 1.54) is 12.8 Å². The van der Waals surface area contributed by atoms with E-state index in [9.17, 15) is 0 Å². The molecule has 0 amide bonds. The summed E-state index contributed by atoms with van der Waals surface area (Å²) in [6, 6.07) is 13.9. The van der Waals surface area contributed by atoms with E-state index in [2.05, 4.69) is 41.1 Å². The average Bonchev–Trinajstić information content (AvgIpc) is 3.73. The summed E-state index contributed by atoms with van der Waals surface area (Å²) in [5, 5.41) is 8.74. The van der Waals surface area contributed by atoms with Crippen molar-refractivity contribution in [2.24, 2.45) is 0 Å². The number of fused-ring (bicyclic) bond motifs is 2. The Hall–Kier alpha value is -4.63. The molecular weight excluding hydrogens is 476 g/mol. The molecular formula is C29H26N8O. The van der Waals surface area contributed by atoms with E-state index in [1.54, 1.807) is 12.4 Å². The van der Waals surface area contributed by atoms with Crippen LogP contribution in [0.2, 0.25) is 0 Å². The summed E-state index contributed by atoms with van der Waals surface area (Å²) >= 11 is 0. The number of hydrogen-bond acceptors (Lipinski definition) is 7. The van der Waals surface area contributed by atoms with Crippen molar-refractivity contribution in [3.63, 3.8) is 0 Å². The van der Waals surface area contributed by atoms with Crippen molar-refractivity contribution in [2.75, 3.05) is 26.2 Å². The van der Waals surface area contributed by atoms with Gasteiger partial charge >= 0.3 is 0 Å². The standard InChI is InChI=1S/C29H26N8O/c1-2-8-32-24(5-1)22-17-31-18-27-21(22)14-26(33-27)29-28-25(35-36-29)7-6-23(34-28)19-13-20(16-30-15-19)38-12-11-37-9-3-4-10-37/h1-2,5-8,13-18,33H,3-4,9-12H2,(H,35,36). The minimum absolute atomic E-state index is 0.652. The molecule has 38 heavy (non-hydrogen) atoms. The molecule has 1 fully saturated rings. The van der Waals surface area contributed by atoms with Gasteiger partial charge < -0.3 is 9.72 Å². The van der Waals surface area contributed by atoms with Crippen LogP contribution in [0.5, 0.6) is 5.75 Å². The zero-order chi connectivity index (χ0) is 25.3. The van der Waals surface area contributed by atoms with Crippen LogP contribution in [0.1, 0.15) is 12.8 Å². The Kier molecular flexibility index (Phi) is 5.75. The summed E-state index contributed by atoms with van der Waals surface area (Å²) < 4.78 is 6.01. The monoisotopic (exact) mass is 502 g/mol. The second kappa shape index (κ2) is 9.68. The largest absolute Gasteiger partial charge is 0.491 e. The number of pyridine rings is 4. The molecule has 1 aliphatic heterocycles. The second-order valence-electron chi connectivity index (χ2n) is 9.52. The molecule has 7 rings (SSSR count). The fraction of sp³-hybridized carbons (Fsp3) is 0.207. The van der Waals surface area contributed by atoms with Gasteiger partial charge in [-0.25, -0.2) is 4.98 Å². The molecule has 9 heteroatoms. The molecule has 0 aliphatic carbocycles. The SMILES string of the molecule is c1ccc(-c2cncc3[nH]c(-c4n[nH]c5ccc(-c6cncc(OCCN7CCCC7)c6)nc45)cc23)nc1. The molecule has 0 bridgehead atoms. The zero-order valence-electron chi connectivity index (χ0n) is 20.8. The molecule has 188 valence electrons. The fourth-order valence-corrected chi connectivity index (χ4v) is 5.09. The van der Waals surface area contributed by atoms with E-state index in [-0.39, 0.29) is 0 Å². The van der Waals surface area contributed by atoms with E-state index >= 15 is 0 Å². The van der Waals surface area contributed by atoms with Crippen molar-refractivity contribution in [3.8, 4) is 39.7 Å². The van der Waals surface area contributed by atoms with Crippen molar-refractivity contribution in [1.82, 2.24) is 40.0 Å². The van der Waals surface area contributed by atoms with Crippen LogP contribution in [0.3, 0.4) is 0 Å². The zero-order valence-corrected chi connectivity index (χ0v) is 20.8. The molecule has 0 atom stereocenters. The Bertz CT molecular complexity index is 1720. The maximum atomic E-state index is 6.01. The van der Waals surface area contributed by atoms with E-state index < -0.39 is 0 Å². The first-order valence-corrected chi connectivity index (χ1v) is 12.9. The van der Waals surface area contributed by atoms with Crippen LogP contribution in [0.4, 0.5) is 0 Å². The van der Waals surface area contributed by atoms with Crippen LogP contribution >= 0.6 is 0 Å². The summed E-state index contributed by atoms with van der Waals surface area (Å²) in [4.78, 5) is 24.2. The van der Waals surface area contributed by atoms with Crippen molar-refractivity contribution < 1.29 is 4.74 Å². The number of aromatic amines is 2. The number of likely N-dealkylation sites (tertiary alicyclic amines) is 1. The van der Waals surface area contributed by atoms with Crippen LogP contribution in [0.25, 0.3) is 55.8 Å². The summed E-state index contributed by atoms with van der Waals surface area (Å²) in [5.41, 5.74) is 7.71. The van der Waals surface area contributed by atoms with Gasteiger partial charge in [0.15, 0.2) is 0 Å². The molecule has 0 saturated carbocycles. The lowest BCUT2D eigenvalue weighted by atomic mass is 10.1. The summed E-state index contributed by atoms with van der Waals surface area (Å²) in [6.45, 7) is 3.92. The molecule has 7 heterocycles. The maximum Gasteiger partial charge on any atom is 0.138 e. The van der Waals surface area contributed by atoms with Crippen molar-refractivity contribution in [3.05, 3.63) is 73.4 Å². The van der Waals surface area contributed by atoms with Crippen LogP contribution < -0.4 is 4.74 Å². The lowest BCUT2D eigenvalue weighted by Gasteiger charge is -2.15. The number of nitrogens with zero attached hydrogens (tertiary/aromatic N) is 6. The lowest BCUT2D eigenvalue weighted by molar-refractivity contribution is 0.237. The van der Waals surface area contributed by atoms with Gasteiger partial charge in [0, 0.05) is 41.6 Å². The lowest BCUT2D eigenvalue weighted by Crippen LogP contribution is -2.25. The van der Waals surface area contributed by atoms with Gasteiger partial charge in [0.05, 0.1) is 40.5 Å². The Morgan fingerprint density at radius 1 is 0.895 bits per heavy atom. The number of hydrogen-bond donors (Lipinski definition) is 2. The van der Waals surface area contributed by atoms with Gasteiger partial charge in [-0.3, -0.25) is 25.0 Å². The molecule has 0 radical (unpaired) electrons. The Labute approximate surface area is 219 Å². The predicted molar refractivity (Wildman–Crippen MR) is 147 cm³/mol. The van der Waals surface area contributed by atoms with Crippen molar-refractivity contribution >= 4 is 21.9 Å². The van der Waals surface area contributed by atoms with E-state index in [1.807, 2.05) is 55.0 Å². The van der Waals surface area contributed by atoms with Gasteiger partial charge in [0.1, 0.15) is 23.6 Å². The molecule has 6 aromatic rings. The Balaban J connectivity index is 1.20. The topological polar surface area (TPSA) is 108 Å². The minimum Gasteiger partial charge on any atom is -0.491 e. The van der Waals surface area contributed by atoms with Crippen LogP contribution in [0, 0.1) is 0 Å². The third-order valence-corrected chi connectivity index (χ3v) is 7.03. The molecule has 2 N–H and O–H groups in total. The average molecular weight is 503 g/mol. The quantitative estimate of drug-likeness (QED) is 0.313. The molecule has 1 saturated heterocycles. The van der Waals surface area contributed by atoms with Crippen molar-refractivity contribution in [2.45, 2.75) is 12.8 Å². The highest BCUT2D eigenvalue weighted by Gasteiger charge is 2.16. The van der Waals surface area contributed by atoms with Crippen LogP contribution in [-0.2, 0) is 0 Å². The van der Waals surface area contributed by atoms with Gasteiger partial charge in [-0.1, -0.05) is 6.07 Å². The molecule has 1 aliphatic rings. The van der Waals surface area contributed by atoms with Gasteiger partial charge in [-0.2, -0.15) is 5.10 Å². The maximum absolute atomic E-state index is 6.01. The van der Waals surface area contributed by atoms with Crippen LogP contribution in [0.15, 0.2) is 73.4 Å². The number of rotatable bonds is 7. The smallest absolute Gasteiger partial charge is 0.138 e. The fourth-order valence-electron chi connectivity index (χ4n) is 5.09. The number of ether oxygens (including phenoxy) is 1.